The van der Waals surface area contributed by atoms with Crippen molar-refractivity contribution in [3.05, 3.63) is 62.2 Å². The van der Waals surface area contributed by atoms with Crippen LogP contribution in [0.15, 0.2) is 0 Å². The Balaban J connectivity index is 1.79. The number of hydrogen-bond donors (Lipinski definition) is 0. The maximum atomic E-state index is 2.43. The van der Waals surface area contributed by atoms with E-state index >= 15 is 0 Å². The van der Waals surface area contributed by atoms with Crippen molar-refractivity contribution >= 4 is 0 Å². The molecule has 0 aromatic rings. The van der Waals surface area contributed by atoms with Crippen LogP contribution in [0.3, 0.4) is 0 Å². The van der Waals surface area contributed by atoms with Gasteiger partial charge >= 0.3 is 0 Å². The van der Waals surface area contributed by atoms with Crippen molar-refractivity contribution in [2.45, 2.75) is 47.5 Å². The molecule has 3 rings (SSSR count). The van der Waals surface area contributed by atoms with E-state index in [1.54, 1.807) is 11.8 Å². The highest BCUT2D eigenvalue weighted by atomic mass is 14.6. The van der Waals surface area contributed by atoms with Crippen molar-refractivity contribution in [2.24, 2.45) is 16.7 Å². The summed E-state index contributed by atoms with van der Waals surface area (Å²) in [5.74, 6) is 6.70. The minimum absolute atomic E-state index is 0.196. The molecule has 0 aromatic heterocycles. The fourth-order valence-electron chi connectivity index (χ4n) is 3.79. The summed E-state index contributed by atoms with van der Waals surface area (Å²) in [5.41, 5.74) is 0.521. The summed E-state index contributed by atoms with van der Waals surface area (Å²) in [6, 6.07) is 0. The van der Waals surface area contributed by atoms with E-state index in [2.05, 4.69) is 73.1 Å². The first-order valence-electron chi connectivity index (χ1n) is 7.88. The highest BCUT2D eigenvalue weighted by Gasteiger charge is 2.56. The van der Waals surface area contributed by atoms with E-state index in [4.69, 9.17) is 0 Å². The molecule has 0 saturated heterocycles. The summed E-state index contributed by atoms with van der Waals surface area (Å²) in [4.78, 5) is 0. The van der Waals surface area contributed by atoms with Crippen molar-refractivity contribution in [3.8, 4) is 0 Å². The molecule has 0 amide bonds. The smallest absolute Gasteiger partial charge is 0.00630 e. The summed E-state index contributed by atoms with van der Waals surface area (Å²) < 4.78 is 0. The lowest BCUT2D eigenvalue weighted by atomic mass is 9.51. The van der Waals surface area contributed by atoms with Crippen LogP contribution in [-0.2, 0) is 0 Å². The van der Waals surface area contributed by atoms with Gasteiger partial charge in [-0.15, -0.1) is 0 Å². The van der Waals surface area contributed by atoms with Gasteiger partial charge in [-0.25, -0.2) is 0 Å². The minimum atomic E-state index is 0.196. The van der Waals surface area contributed by atoms with E-state index in [1.165, 1.54) is 24.7 Å². The molecule has 0 spiro atoms. The Bertz CT molecular complexity index is 353. The number of fused-ring (bicyclic) bond motifs is 1. The van der Waals surface area contributed by atoms with E-state index in [1.807, 2.05) is 0 Å². The van der Waals surface area contributed by atoms with Crippen LogP contribution in [0.1, 0.15) is 47.5 Å². The van der Waals surface area contributed by atoms with Gasteiger partial charge in [0.25, 0.3) is 0 Å². The van der Waals surface area contributed by atoms with Crippen LogP contribution in [0.2, 0.25) is 0 Å². The molecule has 3 saturated carbocycles. The Kier molecular flexibility index (Phi) is 3.75. The highest BCUT2D eigenvalue weighted by Crippen LogP contribution is 2.65. The second kappa shape index (κ2) is 5.03. The summed E-state index contributed by atoms with van der Waals surface area (Å²) in [6.45, 7) is 11.8. The zero-order valence-corrected chi connectivity index (χ0v) is 13.5. The molecule has 0 nitrogen and oxygen atoms in total. The summed E-state index contributed by atoms with van der Waals surface area (Å²) in [5, 5.41) is 0. The average molecular weight is 266 g/mol. The van der Waals surface area contributed by atoms with E-state index < -0.39 is 0 Å². The lowest BCUT2D eigenvalue weighted by molar-refractivity contribution is 0.208. The predicted octanol–water partition coefficient (Wildman–Crippen LogP) is 5.02. The number of rotatable bonds is 2. The van der Waals surface area contributed by atoms with Crippen LogP contribution in [0.4, 0.5) is 0 Å². The third-order valence-corrected chi connectivity index (χ3v) is 5.47. The second-order valence-corrected chi connectivity index (χ2v) is 7.66. The lowest BCUT2D eigenvalue weighted by Crippen LogP contribution is -2.43. The van der Waals surface area contributed by atoms with Crippen LogP contribution >= 0.6 is 0 Å². The molecule has 1 atom stereocenters. The van der Waals surface area contributed by atoms with E-state index in [0.29, 0.717) is 11.3 Å². The van der Waals surface area contributed by atoms with Crippen LogP contribution in [0, 0.1) is 78.9 Å². The second-order valence-electron chi connectivity index (χ2n) is 7.66. The molecule has 0 N–H and O–H groups in total. The lowest BCUT2D eigenvalue weighted by Gasteiger charge is -2.52. The molecule has 10 radical (unpaired) electrons. The Hall–Kier alpha value is 0. The molecule has 3 fully saturated rings. The fraction of sp³-hybridized carbons (Fsp3) is 0.500. The monoisotopic (exact) mass is 266 g/mol. The third kappa shape index (κ3) is 2.26. The number of hydrogen-bond acceptors (Lipinski definition) is 0. The highest BCUT2D eigenvalue weighted by molar-refractivity contribution is 5.58. The summed E-state index contributed by atoms with van der Waals surface area (Å²) in [6.07, 6.45) is 16.5. The van der Waals surface area contributed by atoms with Crippen molar-refractivity contribution in [2.75, 3.05) is 0 Å². The predicted molar refractivity (Wildman–Crippen MR) is 84.7 cm³/mol. The van der Waals surface area contributed by atoms with Crippen LogP contribution in [-0.4, -0.2) is 0 Å². The molecule has 3 aliphatic rings. The van der Waals surface area contributed by atoms with Crippen molar-refractivity contribution < 1.29 is 0 Å². The molecule has 106 valence electrons. The maximum absolute atomic E-state index is 2.43. The standard InChI is InChI=1S/C20H26/c1-14(2)15-9-10-16(13-15)20(5)12-11-19(3,4)17-7-6-8-18(17)20/h6-10,13-14H,11-12H2,1-5H3. The molecule has 0 aromatic carbocycles. The SMILES string of the molecule is CC(C)[C]1[CH][CH][C](C2(C)CCC(C)(C)[C]3[CH][CH][CH][C]32)[CH]1. The first-order valence-corrected chi connectivity index (χ1v) is 7.88. The zero-order valence-electron chi connectivity index (χ0n) is 13.5. The van der Waals surface area contributed by atoms with Crippen LogP contribution in [0.5, 0.6) is 0 Å². The molecule has 0 aliphatic heterocycles. The Labute approximate surface area is 127 Å². The first-order chi connectivity index (χ1) is 9.34. The van der Waals surface area contributed by atoms with Crippen molar-refractivity contribution in [3.63, 3.8) is 0 Å². The van der Waals surface area contributed by atoms with Gasteiger partial charge in [0, 0.05) is 0 Å². The maximum Gasteiger partial charge on any atom is -0.00630 e. The van der Waals surface area contributed by atoms with Crippen LogP contribution in [0.25, 0.3) is 0 Å². The van der Waals surface area contributed by atoms with E-state index in [9.17, 15) is 0 Å². The van der Waals surface area contributed by atoms with Gasteiger partial charge < -0.3 is 0 Å². The van der Waals surface area contributed by atoms with Gasteiger partial charge in [-0.2, -0.15) is 0 Å². The molecule has 0 bridgehead atoms. The topological polar surface area (TPSA) is 0 Å². The largest absolute Gasteiger partial charge is 0.0622 e. The summed E-state index contributed by atoms with van der Waals surface area (Å²) in [7, 11) is 0. The Morgan fingerprint density at radius 2 is 1.60 bits per heavy atom. The summed E-state index contributed by atoms with van der Waals surface area (Å²) >= 11 is 0. The average Bonchev–Trinajstić information content (AvgIpc) is 3.03. The first kappa shape index (κ1) is 14.9. The van der Waals surface area contributed by atoms with Gasteiger partial charge in [-0.1, -0.05) is 34.6 Å². The normalized spacial score (nSPS) is 36.9. The molecule has 0 heterocycles. The van der Waals surface area contributed by atoms with Crippen molar-refractivity contribution in [1.29, 1.82) is 0 Å². The zero-order chi connectivity index (χ0) is 14.5. The van der Waals surface area contributed by atoms with Gasteiger partial charge in [0.2, 0.25) is 0 Å². The van der Waals surface area contributed by atoms with E-state index in [-0.39, 0.29) is 5.41 Å². The molecule has 1 unspecified atom stereocenters. The van der Waals surface area contributed by atoms with Gasteiger partial charge in [-0.3, -0.25) is 0 Å². The Morgan fingerprint density at radius 1 is 0.900 bits per heavy atom. The molecular weight excluding hydrogens is 240 g/mol. The molecule has 20 heavy (non-hydrogen) atoms. The van der Waals surface area contributed by atoms with Gasteiger partial charge in [-0.05, 0) is 91.8 Å². The molecule has 0 heteroatoms. The molecular formula is C20H26. The van der Waals surface area contributed by atoms with Crippen LogP contribution < -0.4 is 0 Å². The minimum Gasteiger partial charge on any atom is -0.0622 e. The van der Waals surface area contributed by atoms with Gasteiger partial charge in [0.15, 0.2) is 0 Å². The van der Waals surface area contributed by atoms with Crippen molar-refractivity contribution in [1.82, 2.24) is 0 Å². The third-order valence-electron chi connectivity index (χ3n) is 5.47. The fourth-order valence-corrected chi connectivity index (χ4v) is 3.79. The van der Waals surface area contributed by atoms with E-state index in [0.717, 1.165) is 0 Å². The van der Waals surface area contributed by atoms with Gasteiger partial charge in [0.1, 0.15) is 0 Å². The Morgan fingerprint density at radius 3 is 2.25 bits per heavy atom. The quantitative estimate of drug-likeness (QED) is 0.658. The molecule has 3 aliphatic carbocycles. The van der Waals surface area contributed by atoms with Gasteiger partial charge in [0.05, 0.1) is 0 Å².